The smallest absolute Gasteiger partial charge is 0.343 e. The van der Waals surface area contributed by atoms with E-state index in [0.29, 0.717) is 21.9 Å². The molecule has 0 atom stereocenters. The Kier molecular flexibility index (Phi) is 6.90. The molecule has 6 nitrogen and oxygen atoms in total. The first-order valence-electron chi connectivity index (χ1n) is 10.6. The van der Waals surface area contributed by atoms with E-state index in [9.17, 15) is 9.59 Å². The molecular formula is C27H22ClN3O3. The number of ether oxygens (including phenoxy) is 1. The van der Waals surface area contributed by atoms with Crippen molar-refractivity contribution in [2.24, 2.45) is 5.10 Å². The van der Waals surface area contributed by atoms with Crippen LogP contribution in [0.5, 0.6) is 5.75 Å². The molecule has 4 aromatic rings. The molecule has 0 saturated heterocycles. The summed E-state index contributed by atoms with van der Waals surface area (Å²) in [4.78, 5) is 24.6. The van der Waals surface area contributed by atoms with Gasteiger partial charge in [-0.25, -0.2) is 10.2 Å². The molecule has 7 heteroatoms. The Morgan fingerprint density at radius 1 is 0.824 bits per heavy atom. The summed E-state index contributed by atoms with van der Waals surface area (Å²) >= 11 is 5.83. The molecule has 0 unspecified atom stereocenters. The van der Waals surface area contributed by atoms with Gasteiger partial charge in [0.25, 0.3) is 5.91 Å². The zero-order valence-corrected chi connectivity index (χ0v) is 19.4. The number of nitrogens with zero attached hydrogens (tertiary/aromatic N) is 2. The molecule has 0 bridgehead atoms. The number of carbonyl (C=O) groups excluding carboxylic acids is 2. The number of halogens is 1. The lowest BCUT2D eigenvalue weighted by Crippen LogP contribution is -2.17. The zero-order chi connectivity index (χ0) is 24.1. The first-order chi connectivity index (χ1) is 16.4. The average molecular weight is 472 g/mol. The van der Waals surface area contributed by atoms with Crippen LogP contribution in [0.4, 0.5) is 0 Å². The summed E-state index contributed by atoms with van der Waals surface area (Å²) in [5.41, 5.74) is 7.43. The van der Waals surface area contributed by atoms with E-state index < -0.39 is 5.97 Å². The van der Waals surface area contributed by atoms with E-state index in [0.717, 1.165) is 22.6 Å². The summed E-state index contributed by atoms with van der Waals surface area (Å²) < 4.78 is 7.47. The minimum Gasteiger partial charge on any atom is -0.423 e. The number of aromatic nitrogens is 1. The average Bonchev–Trinajstić information content (AvgIpc) is 3.18. The first kappa shape index (κ1) is 23.0. The Bertz CT molecular complexity index is 1320. The van der Waals surface area contributed by atoms with E-state index >= 15 is 0 Å². The second-order valence-electron chi connectivity index (χ2n) is 7.66. The molecular weight excluding hydrogens is 450 g/mol. The summed E-state index contributed by atoms with van der Waals surface area (Å²) in [5.74, 6) is -0.384. The Morgan fingerprint density at radius 3 is 2.03 bits per heavy atom. The largest absolute Gasteiger partial charge is 0.423 e. The zero-order valence-electron chi connectivity index (χ0n) is 18.7. The maximum atomic E-state index is 12.4. The first-order valence-corrected chi connectivity index (χ1v) is 10.9. The van der Waals surface area contributed by atoms with Crippen molar-refractivity contribution in [3.05, 3.63) is 118 Å². The third kappa shape index (κ3) is 5.42. The molecule has 4 rings (SSSR count). The fraction of sp³-hybridized carbons (Fsp3) is 0.0741. The number of carbonyl (C=O) groups is 2. The molecule has 0 aliphatic heterocycles. The standard InChI is InChI=1S/C27H22ClN3O3/c1-18-3-4-19(2)31(18)24-13-9-21(10-14-24)26(32)30-29-17-20-5-15-25(16-6-20)34-27(33)22-7-11-23(28)12-8-22/h3-17H,1-2H3,(H,30,32)/b29-17+. The highest BCUT2D eigenvalue weighted by atomic mass is 35.5. The number of benzene rings is 3. The summed E-state index contributed by atoms with van der Waals surface area (Å²) in [6.45, 7) is 4.08. The molecule has 1 heterocycles. The van der Waals surface area contributed by atoms with E-state index in [4.69, 9.17) is 16.3 Å². The molecule has 0 fully saturated rings. The van der Waals surface area contributed by atoms with Gasteiger partial charge < -0.3 is 9.30 Å². The number of esters is 1. The van der Waals surface area contributed by atoms with Crippen LogP contribution in [0.3, 0.4) is 0 Å². The lowest BCUT2D eigenvalue weighted by atomic mass is 10.2. The number of hydrazone groups is 1. The van der Waals surface area contributed by atoms with Crippen LogP contribution in [0.2, 0.25) is 5.02 Å². The Morgan fingerprint density at radius 2 is 1.41 bits per heavy atom. The van der Waals surface area contributed by atoms with E-state index in [1.54, 1.807) is 60.7 Å². The van der Waals surface area contributed by atoms with Crippen molar-refractivity contribution >= 4 is 29.7 Å². The Hall–Kier alpha value is -4.16. The van der Waals surface area contributed by atoms with E-state index in [-0.39, 0.29) is 5.91 Å². The van der Waals surface area contributed by atoms with Crippen LogP contribution in [0.15, 0.2) is 90.0 Å². The van der Waals surface area contributed by atoms with Crippen molar-refractivity contribution in [2.45, 2.75) is 13.8 Å². The second-order valence-corrected chi connectivity index (χ2v) is 8.10. The number of rotatable bonds is 6. The molecule has 1 amide bonds. The van der Waals surface area contributed by atoms with E-state index in [2.05, 4.69) is 27.2 Å². The Balaban J connectivity index is 1.33. The molecule has 0 aliphatic rings. The van der Waals surface area contributed by atoms with Crippen molar-refractivity contribution in [3.63, 3.8) is 0 Å². The number of nitrogens with one attached hydrogen (secondary N) is 1. The topological polar surface area (TPSA) is 72.7 Å². The molecule has 0 radical (unpaired) electrons. The summed E-state index contributed by atoms with van der Waals surface area (Å²) in [5, 5.41) is 4.56. The minimum absolute atomic E-state index is 0.308. The third-order valence-corrected chi connectivity index (χ3v) is 5.46. The van der Waals surface area contributed by atoms with Gasteiger partial charge in [-0.05, 0) is 104 Å². The van der Waals surface area contributed by atoms with Crippen molar-refractivity contribution in [2.75, 3.05) is 0 Å². The number of hydrogen-bond acceptors (Lipinski definition) is 4. The second kappa shape index (κ2) is 10.2. The fourth-order valence-electron chi connectivity index (χ4n) is 3.44. The van der Waals surface area contributed by atoms with Crippen LogP contribution in [0.25, 0.3) is 5.69 Å². The van der Waals surface area contributed by atoms with E-state index in [1.165, 1.54) is 6.21 Å². The van der Waals surface area contributed by atoms with Crippen LogP contribution < -0.4 is 10.2 Å². The number of aryl methyl sites for hydroxylation is 2. The maximum absolute atomic E-state index is 12.4. The van der Waals surface area contributed by atoms with Gasteiger partial charge in [0, 0.05) is 27.7 Å². The van der Waals surface area contributed by atoms with Crippen LogP contribution in [-0.4, -0.2) is 22.7 Å². The fourth-order valence-corrected chi connectivity index (χ4v) is 3.57. The summed E-state index contributed by atoms with van der Waals surface area (Å²) in [6, 6.07) is 24.7. The molecule has 1 aromatic heterocycles. The molecule has 34 heavy (non-hydrogen) atoms. The molecule has 1 N–H and O–H groups in total. The summed E-state index contributed by atoms with van der Waals surface area (Å²) in [7, 11) is 0. The van der Waals surface area contributed by atoms with Crippen molar-refractivity contribution in [1.29, 1.82) is 0 Å². The van der Waals surface area contributed by atoms with Crippen LogP contribution in [0, 0.1) is 13.8 Å². The van der Waals surface area contributed by atoms with Gasteiger partial charge in [-0.2, -0.15) is 5.10 Å². The number of amides is 1. The van der Waals surface area contributed by atoms with Crippen LogP contribution >= 0.6 is 11.6 Å². The maximum Gasteiger partial charge on any atom is 0.343 e. The van der Waals surface area contributed by atoms with Gasteiger partial charge >= 0.3 is 5.97 Å². The highest BCUT2D eigenvalue weighted by Gasteiger charge is 2.09. The predicted molar refractivity (Wildman–Crippen MR) is 133 cm³/mol. The molecule has 0 spiro atoms. The van der Waals surface area contributed by atoms with Crippen molar-refractivity contribution < 1.29 is 14.3 Å². The predicted octanol–water partition coefficient (Wildman–Crippen LogP) is 5.73. The van der Waals surface area contributed by atoms with Gasteiger partial charge in [-0.1, -0.05) is 11.6 Å². The van der Waals surface area contributed by atoms with Gasteiger partial charge in [0.05, 0.1) is 11.8 Å². The SMILES string of the molecule is Cc1ccc(C)n1-c1ccc(C(=O)N/N=C/c2ccc(OC(=O)c3ccc(Cl)cc3)cc2)cc1. The summed E-state index contributed by atoms with van der Waals surface area (Å²) in [6.07, 6.45) is 1.52. The van der Waals surface area contributed by atoms with Gasteiger partial charge in [0.1, 0.15) is 5.75 Å². The van der Waals surface area contributed by atoms with Crippen molar-refractivity contribution in [3.8, 4) is 11.4 Å². The quantitative estimate of drug-likeness (QED) is 0.169. The normalized spacial score (nSPS) is 10.9. The van der Waals surface area contributed by atoms with Gasteiger partial charge in [0.2, 0.25) is 0 Å². The third-order valence-electron chi connectivity index (χ3n) is 5.21. The molecule has 170 valence electrons. The highest BCUT2D eigenvalue weighted by Crippen LogP contribution is 2.17. The minimum atomic E-state index is -0.474. The van der Waals surface area contributed by atoms with Crippen molar-refractivity contribution in [1.82, 2.24) is 9.99 Å². The highest BCUT2D eigenvalue weighted by molar-refractivity contribution is 6.30. The van der Waals surface area contributed by atoms with Gasteiger partial charge in [-0.3, -0.25) is 4.79 Å². The van der Waals surface area contributed by atoms with Crippen LogP contribution in [-0.2, 0) is 0 Å². The van der Waals surface area contributed by atoms with Gasteiger partial charge in [0.15, 0.2) is 0 Å². The van der Waals surface area contributed by atoms with Crippen LogP contribution in [0.1, 0.15) is 37.7 Å². The van der Waals surface area contributed by atoms with E-state index in [1.807, 2.05) is 26.0 Å². The van der Waals surface area contributed by atoms with Gasteiger partial charge in [-0.15, -0.1) is 0 Å². The monoisotopic (exact) mass is 471 g/mol. The number of hydrogen-bond donors (Lipinski definition) is 1. The lowest BCUT2D eigenvalue weighted by molar-refractivity contribution is 0.0734. The molecule has 3 aromatic carbocycles. The molecule has 0 saturated carbocycles. The molecule has 0 aliphatic carbocycles. The Labute approximate surface area is 202 Å². The lowest BCUT2D eigenvalue weighted by Gasteiger charge is -2.10.